The lowest BCUT2D eigenvalue weighted by Crippen LogP contribution is -2.35. The molecule has 0 saturated heterocycles. The molecule has 0 radical (unpaired) electrons. The number of nitrogens with one attached hydrogen (secondary N) is 2. The molecule has 1 atom stereocenters. The van der Waals surface area contributed by atoms with E-state index in [0.29, 0.717) is 12.4 Å². The van der Waals surface area contributed by atoms with Gasteiger partial charge in [-0.15, -0.1) is 12.4 Å². The SMILES string of the molecule is CCOC(=O)CN1CC(=O)Nc2ncc(C=CC(=O)N(C)C(C)c3cc4ccccc4[nH]3)cc2C1.Cl. The number of aromatic amines is 1. The van der Waals surface area contributed by atoms with Crippen molar-refractivity contribution >= 4 is 53.0 Å². The van der Waals surface area contributed by atoms with E-state index in [2.05, 4.69) is 21.4 Å². The Hall–Kier alpha value is -3.69. The molecule has 9 nitrogen and oxygen atoms in total. The fourth-order valence-electron chi connectivity index (χ4n) is 4.03. The first kappa shape index (κ1) is 26.9. The Kier molecular flexibility index (Phi) is 8.84. The second-order valence-electron chi connectivity index (χ2n) is 8.55. The zero-order valence-electron chi connectivity index (χ0n) is 20.5. The third-order valence-electron chi connectivity index (χ3n) is 6.01. The summed E-state index contributed by atoms with van der Waals surface area (Å²) in [5, 5.41) is 3.87. The highest BCUT2D eigenvalue weighted by atomic mass is 35.5. The Morgan fingerprint density at radius 2 is 2.03 bits per heavy atom. The van der Waals surface area contributed by atoms with Crippen LogP contribution >= 0.6 is 12.4 Å². The maximum absolute atomic E-state index is 12.9. The zero-order valence-corrected chi connectivity index (χ0v) is 21.3. The summed E-state index contributed by atoms with van der Waals surface area (Å²) in [5.74, 6) is -0.324. The molecule has 1 unspecified atom stereocenters. The van der Waals surface area contributed by atoms with Crippen LogP contribution < -0.4 is 5.32 Å². The largest absolute Gasteiger partial charge is 0.465 e. The number of fused-ring (bicyclic) bond motifs is 2. The van der Waals surface area contributed by atoms with Crippen molar-refractivity contribution in [1.29, 1.82) is 0 Å². The molecule has 0 saturated carbocycles. The summed E-state index contributed by atoms with van der Waals surface area (Å²) in [5.41, 5.74) is 3.47. The van der Waals surface area contributed by atoms with Gasteiger partial charge in [0.25, 0.3) is 0 Å². The summed E-state index contributed by atoms with van der Waals surface area (Å²) in [4.78, 5) is 48.0. The van der Waals surface area contributed by atoms with Gasteiger partial charge in [-0.1, -0.05) is 18.2 Å². The molecule has 0 bridgehead atoms. The first-order valence-corrected chi connectivity index (χ1v) is 11.5. The first-order valence-electron chi connectivity index (χ1n) is 11.5. The molecule has 1 aliphatic heterocycles. The van der Waals surface area contributed by atoms with Crippen molar-refractivity contribution in [3.8, 4) is 0 Å². The molecule has 2 N–H and O–H groups in total. The lowest BCUT2D eigenvalue weighted by molar-refractivity contribution is -0.144. The topological polar surface area (TPSA) is 108 Å². The monoisotopic (exact) mass is 511 g/mol. The Labute approximate surface area is 215 Å². The molecular weight excluding hydrogens is 482 g/mol. The number of nitrogens with zero attached hydrogens (tertiary/aromatic N) is 3. The number of aromatic nitrogens is 2. The Bertz CT molecular complexity index is 1260. The summed E-state index contributed by atoms with van der Waals surface area (Å²) in [7, 11) is 1.76. The quantitative estimate of drug-likeness (QED) is 0.371. The smallest absolute Gasteiger partial charge is 0.320 e. The summed E-state index contributed by atoms with van der Waals surface area (Å²) >= 11 is 0. The van der Waals surface area contributed by atoms with Crippen LogP contribution in [0.3, 0.4) is 0 Å². The number of carbonyl (C=O) groups is 3. The molecule has 36 heavy (non-hydrogen) atoms. The van der Waals surface area contributed by atoms with Crippen LogP contribution in [0.1, 0.15) is 36.7 Å². The van der Waals surface area contributed by atoms with Crippen LogP contribution in [-0.4, -0.2) is 64.3 Å². The number of hydrogen-bond acceptors (Lipinski definition) is 6. The van der Waals surface area contributed by atoms with Gasteiger partial charge in [-0.05, 0) is 49.1 Å². The van der Waals surface area contributed by atoms with Gasteiger partial charge in [-0.25, -0.2) is 4.98 Å². The molecule has 0 aliphatic carbocycles. The highest BCUT2D eigenvalue weighted by Crippen LogP contribution is 2.24. The average molecular weight is 512 g/mol. The number of rotatable bonds is 7. The predicted molar refractivity (Wildman–Crippen MR) is 141 cm³/mol. The third-order valence-corrected chi connectivity index (χ3v) is 6.01. The summed E-state index contributed by atoms with van der Waals surface area (Å²) < 4.78 is 5.00. The van der Waals surface area contributed by atoms with Gasteiger partial charge in [0.1, 0.15) is 5.82 Å². The minimum Gasteiger partial charge on any atom is -0.465 e. The maximum Gasteiger partial charge on any atom is 0.320 e. The van der Waals surface area contributed by atoms with Gasteiger partial charge in [0.2, 0.25) is 11.8 Å². The number of pyridine rings is 1. The van der Waals surface area contributed by atoms with E-state index in [-0.39, 0.29) is 55.9 Å². The lowest BCUT2D eigenvalue weighted by Gasteiger charge is -2.22. The number of H-pyrrole nitrogens is 1. The molecule has 0 fully saturated rings. The molecule has 1 aliphatic rings. The van der Waals surface area contributed by atoms with Crippen molar-refractivity contribution in [2.45, 2.75) is 26.4 Å². The normalized spacial score (nSPS) is 14.5. The van der Waals surface area contributed by atoms with Crippen LogP contribution in [0.2, 0.25) is 0 Å². The van der Waals surface area contributed by atoms with Gasteiger partial charge in [-0.2, -0.15) is 0 Å². The maximum atomic E-state index is 12.9. The molecule has 4 rings (SSSR count). The molecule has 2 aromatic heterocycles. The van der Waals surface area contributed by atoms with E-state index in [1.807, 2.05) is 37.3 Å². The van der Waals surface area contributed by atoms with Gasteiger partial charge >= 0.3 is 5.97 Å². The van der Waals surface area contributed by atoms with Crippen LogP contribution in [0.4, 0.5) is 5.82 Å². The lowest BCUT2D eigenvalue weighted by atomic mass is 10.1. The number of halogens is 1. The standard InChI is InChI=1S/C26H29N5O4.ClH/c1-4-35-25(34)16-31-14-20-11-18(13-27-26(20)29-23(32)15-31)9-10-24(33)30(3)17(2)22-12-19-7-5-6-8-21(19)28-22;/h5-13,17,28H,4,14-16H2,1-3H3,(H,27,29,32);1H. The molecule has 1 aromatic carbocycles. The molecule has 0 spiro atoms. The Morgan fingerprint density at radius 1 is 1.25 bits per heavy atom. The van der Waals surface area contributed by atoms with Crippen molar-refractivity contribution in [3.05, 3.63) is 65.5 Å². The Morgan fingerprint density at radius 3 is 2.78 bits per heavy atom. The number of likely N-dealkylation sites (N-methyl/N-ethyl adjacent to an activating group) is 1. The summed E-state index contributed by atoms with van der Waals surface area (Å²) in [6, 6.07) is 11.8. The molecule has 10 heteroatoms. The number of carbonyl (C=O) groups excluding carboxylic acids is 3. The second kappa shape index (κ2) is 11.8. The minimum atomic E-state index is -0.384. The number of hydrogen-bond donors (Lipinski definition) is 2. The van der Waals surface area contributed by atoms with Crippen molar-refractivity contribution in [1.82, 2.24) is 19.8 Å². The Balaban J connectivity index is 0.00000361. The number of esters is 1. The molecular formula is C26H30ClN5O4. The molecule has 3 heterocycles. The zero-order chi connectivity index (χ0) is 24.9. The van der Waals surface area contributed by atoms with Crippen molar-refractivity contribution in [2.24, 2.45) is 0 Å². The number of para-hydroxylation sites is 1. The van der Waals surface area contributed by atoms with E-state index in [1.54, 1.807) is 36.0 Å². The van der Waals surface area contributed by atoms with Gasteiger partial charge in [0.05, 0.1) is 25.7 Å². The van der Waals surface area contributed by atoms with E-state index in [4.69, 9.17) is 4.74 Å². The van der Waals surface area contributed by atoms with Crippen LogP contribution in [0, 0.1) is 0 Å². The summed E-state index contributed by atoms with van der Waals surface area (Å²) in [6.45, 7) is 4.43. The number of amides is 2. The van der Waals surface area contributed by atoms with Crippen molar-refractivity contribution in [2.75, 3.05) is 32.1 Å². The van der Waals surface area contributed by atoms with Crippen LogP contribution in [0.5, 0.6) is 0 Å². The molecule has 190 valence electrons. The first-order chi connectivity index (χ1) is 16.8. The van der Waals surface area contributed by atoms with Gasteiger partial charge in [-0.3, -0.25) is 19.3 Å². The van der Waals surface area contributed by atoms with Crippen molar-refractivity contribution < 1.29 is 19.1 Å². The average Bonchev–Trinajstić information content (AvgIpc) is 3.20. The van der Waals surface area contributed by atoms with Crippen LogP contribution in [0.15, 0.2) is 48.7 Å². The number of ether oxygens (including phenoxy) is 1. The van der Waals surface area contributed by atoms with Gasteiger partial charge in [0, 0.05) is 42.6 Å². The second-order valence-corrected chi connectivity index (χ2v) is 8.55. The van der Waals surface area contributed by atoms with E-state index in [1.165, 1.54) is 6.08 Å². The van der Waals surface area contributed by atoms with Crippen molar-refractivity contribution in [3.63, 3.8) is 0 Å². The van der Waals surface area contributed by atoms with E-state index in [0.717, 1.165) is 27.7 Å². The fraction of sp³-hybridized carbons (Fsp3) is 0.308. The third kappa shape index (κ3) is 6.30. The molecule has 2 amide bonds. The van der Waals surface area contributed by atoms with Crippen LogP contribution in [-0.2, 0) is 25.7 Å². The summed E-state index contributed by atoms with van der Waals surface area (Å²) in [6.07, 6.45) is 4.81. The van der Waals surface area contributed by atoms with E-state index < -0.39 is 0 Å². The minimum absolute atomic E-state index is 0. The van der Waals surface area contributed by atoms with Gasteiger partial charge in [0.15, 0.2) is 0 Å². The van der Waals surface area contributed by atoms with E-state index in [9.17, 15) is 14.4 Å². The molecule has 3 aromatic rings. The predicted octanol–water partition coefficient (Wildman–Crippen LogP) is 3.53. The van der Waals surface area contributed by atoms with E-state index >= 15 is 0 Å². The number of anilines is 1. The highest BCUT2D eigenvalue weighted by molar-refractivity contribution is 5.94. The van der Waals surface area contributed by atoms with Crippen LogP contribution in [0.25, 0.3) is 17.0 Å². The fourth-order valence-corrected chi connectivity index (χ4v) is 4.03. The van der Waals surface area contributed by atoms with Gasteiger partial charge < -0.3 is 19.9 Å². The highest BCUT2D eigenvalue weighted by Gasteiger charge is 2.23. The number of benzene rings is 1.